The van der Waals surface area contributed by atoms with E-state index in [1.54, 1.807) is 0 Å². The van der Waals surface area contributed by atoms with Gasteiger partial charge in [-0.15, -0.1) is 0 Å². The zero-order chi connectivity index (χ0) is 6.97. The Morgan fingerprint density at radius 3 is 3.00 bits per heavy atom. The highest BCUT2D eigenvalue weighted by atomic mass is 28.3. The van der Waals surface area contributed by atoms with Crippen LogP contribution in [0.5, 0.6) is 0 Å². The van der Waals surface area contributed by atoms with Gasteiger partial charge in [0.15, 0.2) is 0 Å². The zero-order valence-corrected chi connectivity index (χ0v) is 9.79. The monoisotopic (exact) mass is 174 g/mol. The molecule has 0 spiro atoms. The van der Waals surface area contributed by atoms with Gasteiger partial charge in [-0.1, -0.05) is 0 Å². The molecule has 2 aliphatic rings. The molecule has 10 heavy (non-hydrogen) atoms. The molecule has 0 N–H and O–H groups in total. The Bertz CT molecular complexity index is 131. The highest BCUT2D eigenvalue weighted by molar-refractivity contribution is 6.36. The van der Waals surface area contributed by atoms with Crippen LogP contribution in [-0.4, -0.2) is 32.5 Å². The Balaban J connectivity index is 1.77. The molecular formula is C6H14O2Si2. The molecule has 1 saturated carbocycles. The van der Waals surface area contributed by atoms with Crippen LogP contribution in [0.2, 0.25) is 5.54 Å². The molecule has 0 aromatic carbocycles. The van der Waals surface area contributed by atoms with Crippen LogP contribution in [0.3, 0.4) is 0 Å². The summed E-state index contributed by atoms with van der Waals surface area (Å²) in [6.45, 7) is 0. The van der Waals surface area contributed by atoms with Crippen LogP contribution >= 0.6 is 0 Å². The van der Waals surface area contributed by atoms with Gasteiger partial charge >= 0.3 is 0 Å². The molecule has 0 bridgehead atoms. The van der Waals surface area contributed by atoms with Crippen molar-refractivity contribution in [3.63, 3.8) is 0 Å². The molecule has 2 rings (SSSR count). The summed E-state index contributed by atoms with van der Waals surface area (Å²) in [6.07, 6.45) is 5.34. The minimum atomic E-state index is -0.147. The molecule has 1 saturated heterocycles. The molecule has 58 valence electrons. The van der Waals surface area contributed by atoms with Gasteiger partial charge in [0.25, 0.3) is 0 Å². The van der Waals surface area contributed by atoms with E-state index >= 15 is 0 Å². The lowest BCUT2D eigenvalue weighted by Gasteiger charge is -2.16. The Labute approximate surface area is 66.8 Å². The van der Waals surface area contributed by atoms with Gasteiger partial charge in [0.1, 0.15) is 20.2 Å². The third kappa shape index (κ3) is 1.34. The molecule has 2 fully saturated rings. The van der Waals surface area contributed by atoms with Crippen molar-refractivity contribution in [3.05, 3.63) is 0 Å². The van der Waals surface area contributed by atoms with Crippen molar-refractivity contribution in [2.75, 3.05) is 0 Å². The summed E-state index contributed by atoms with van der Waals surface area (Å²) in [7, 11) is 0.803. The lowest BCUT2D eigenvalue weighted by Crippen LogP contribution is -2.15. The van der Waals surface area contributed by atoms with Crippen molar-refractivity contribution < 1.29 is 8.85 Å². The topological polar surface area (TPSA) is 21.8 Å². The molecule has 3 atom stereocenters. The second kappa shape index (κ2) is 2.77. The Hall–Kier alpha value is 0.354. The average Bonchev–Trinajstić information content (AvgIpc) is 2.66. The summed E-state index contributed by atoms with van der Waals surface area (Å²) in [4.78, 5) is 0. The Morgan fingerprint density at radius 1 is 1.40 bits per heavy atom. The van der Waals surface area contributed by atoms with Crippen molar-refractivity contribution >= 4 is 20.2 Å². The highest BCUT2D eigenvalue weighted by Gasteiger charge is 2.43. The fourth-order valence-corrected chi connectivity index (χ4v) is 4.63. The summed E-state index contributed by atoms with van der Waals surface area (Å²) >= 11 is 0. The molecule has 4 heteroatoms. The predicted molar refractivity (Wildman–Crippen MR) is 45.8 cm³/mol. The van der Waals surface area contributed by atoms with Gasteiger partial charge in [-0.25, -0.2) is 0 Å². The van der Waals surface area contributed by atoms with E-state index < -0.39 is 0 Å². The second-order valence-corrected chi connectivity index (χ2v) is 7.14. The molecule has 0 radical (unpaired) electrons. The van der Waals surface area contributed by atoms with E-state index in [0.717, 1.165) is 16.0 Å². The third-order valence-electron chi connectivity index (χ3n) is 2.52. The van der Waals surface area contributed by atoms with Crippen LogP contribution in [0.25, 0.3) is 0 Å². The van der Waals surface area contributed by atoms with Crippen LogP contribution in [0.15, 0.2) is 0 Å². The smallest absolute Gasteiger partial charge is 0.148 e. The normalized spacial score (nSPS) is 46.2. The SMILES string of the molecule is [SiH3]O[SiH2]C1CCC2OC2C1. The summed E-state index contributed by atoms with van der Waals surface area (Å²) in [5, 5.41) is 0. The first kappa shape index (κ1) is 7.03. The van der Waals surface area contributed by atoms with Gasteiger partial charge in [-0.3, -0.25) is 0 Å². The molecule has 2 nitrogen and oxygen atoms in total. The standard InChI is InChI=1S/C6H14O2Si2/c9-8-10-4-1-2-5-6(3-4)7-5/h4-6H,1-3,10H2,9H3. The van der Waals surface area contributed by atoms with Crippen LogP contribution < -0.4 is 0 Å². The van der Waals surface area contributed by atoms with E-state index in [4.69, 9.17) is 8.85 Å². The van der Waals surface area contributed by atoms with Crippen molar-refractivity contribution in [1.29, 1.82) is 0 Å². The highest BCUT2D eigenvalue weighted by Crippen LogP contribution is 2.41. The fourth-order valence-electron chi connectivity index (χ4n) is 1.87. The summed E-state index contributed by atoms with van der Waals surface area (Å²) in [5.74, 6) is 0. The van der Waals surface area contributed by atoms with Gasteiger partial charge in [0, 0.05) is 0 Å². The van der Waals surface area contributed by atoms with Crippen LogP contribution in [0.4, 0.5) is 0 Å². The molecule has 3 unspecified atom stereocenters. The number of ether oxygens (including phenoxy) is 1. The number of hydrogen-bond donors (Lipinski definition) is 0. The number of fused-ring (bicyclic) bond motifs is 1. The molecule has 0 amide bonds. The second-order valence-electron chi connectivity index (χ2n) is 3.35. The van der Waals surface area contributed by atoms with Crippen molar-refractivity contribution in [3.8, 4) is 0 Å². The summed E-state index contributed by atoms with van der Waals surface area (Å²) in [6, 6.07) is 0. The Morgan fingerprint density at radius 2 is 2.30 bits per heavy atom. The fraction of sp³-hybridized carbons (Fsp3) is 1.00. The van der Waals surface area contributed by atoms with Crippen LogP contribution in [-0.2, 0) is 8.85 Å². The molecule has 1 aliphatic heterocycles. The number of hydrogen-bond acceptors (Lipinski definition) is 2. The van der Waals surface area contributed by atoms with Gasteiger partial charge < -0.3 is 8.85 Å². The first-order valence-corrected chi connectivity index (χ1v) is 6.25. The van der Waals surface area contributed by atoms with E-state index in [2.05, 4.69) is 0 Å². The van der Waals surface area contributed by atoms with Crippen LogP contribution in [0, 0.1) is 0 Å². The third-order valence-corrected chi connectivity index (χ3v) is 5.06. The minimum Gasteiger partial charge on any atom is -0.468 e. The van der Waals surface area contributed by atoms with E-state index in [1.807, 2.05) is 0 Å². The van der Waals surface area contributed by atoms with E-state index in [-0.39, 0.29) is 9.76 Å². The van der Waals surface area contributed by atoms with E-state index in [9.17, 15) is 0 Å². The average molecular weight is 174 g/mol. The molecule has 0 aromatic heterocycles. The molecule has 1 aliphatic carbocycles. The van der Waals surface area contributed by atoms with Crippen LogP contribution in [0.1, 0.15) is 19.3 Å². The van der Waals surface area contributed by atoms with Gasteiger partial charge in [0.2, 0.25) is 0 Å². The summed E-state index contributed by atoms with van der Waals surface area (Å²) < 4.78 is 10.8. The first-order valence-electron chi connectivity index (χ1n) is 4.04. The molecule has 1 heterocycles. The number of epoxide rings is 1. The molecular weight excluding hydrogens is 160 g/mol. The lowest BCUT2D eigenvalue weighted by molar-refractivity contribution is 0.372. The van der Waals surface area contributed by atoms with E-state index in [0.29, 0.717) is 12.2 Å². The maximum atomic E-state index is 5.43. The quantitative estimate of drug-likeness (QED) is 0.400. The lowest BCUT2D eigenvalue weighted by atomic mass is 10.0. The van der Waals surface area contributed by atoms with Crippen molar-refractivity contribution in [2.24, 2.45) is 0 Å². The maximum absolute atomic E-state index is 5.43. The van der Waals surface area contributed by atoms with E-state index in [1.165, 1.54) is 19.3 Å². The number of rotatable bonds is 2. The van der Waals surface area contributed by atoms with Gasteiger partial charge in [-0.2, -0.15) is 0 Å². The van der Waals surface area contributed by atoms with Gasteiger partial charge in [0.05, 0.1) is 12.2 Å². The molecule has 0 aromatic rings. The zero-order valence-electron chi connectivity index (χ0n) is 6.38. The summed E-state index contributed by atoms with van der Waals surface area (Å²) in [5.41, 5.74) is 0.946. The van der Waals surface area contributed by atoms with Crippen molar-refractivity contribution in [2.45, 2.75) is 37.0 Å². The maximum Gasteiger partial charge on any atom is 0.148 e. The first-order chi connectivity index (χ1) is 4.90. The minimum absolute atomic E-state index is 0.147. The van der Waals surface area contributed by atoms with Gasteiger partial charge in [-0.05, 0) is 24.8 Å². The van der Waals surface area contributed by atoms with Crippen molar-refractivity contribution in [1.82, 2.24) is 0 Å². The Kier molecular flexibility index (Phi) is 1.95. The largest absolute Gasteiger partial charge is 0.468 e. The predicted octanol–water partition coefficient (Wildman–Crippen LogP) is -0.893.